The van der Waals surface area contributed by atoms with Crippen molar-refractivity contribution in [2.45, 2.75) is 53.0 Å². The molecule has 158 valence electrons. The smallest absolute Gasteiger partial charge is 0.191 e. The van der Waals surface area contributed by atoms with Crippen molar-refractivity contribution in [3.63, 3.8) is 0 Å². The van der Waals surface area contributed by atoms with Crippen molar-refractivity contribution in [2.24, 2.45) is 16.8 Å². The van der Waals surface area contributed by atoms with E-state index in [1.165, 1.54) is 38.9 Å². The van der Waals surface area contributed by atoms with E-state index in [2.05, 4.69) is 48.1 Å². The molecule has 0 aromatic rings. The van der Waals surface area contributed by atoms with Crippen LogP contribution >= 0.6 is 0 Å². The van der Waals surface area contributed by atoms with Gasteiger partial charge in [-0.15, -0.1) is 0 Å². The Morgan fingerprint density at radius 2 is 1.81 bits per heavy atom. The quantitative estimate of drug-likeness (QED) is 0.364. The second-order valence-electron chi connectivity index (χ2n) is 8.56. The van der Waals surface area contributed by atoms with Gasteiger partial charge in [-0.05, 0) is 51.5 Å². The number of hydrogen-bond acceptors (Lipinski definition) is 4. The van der Waals surface area contributed by atoms with E-state index in [1.807, 2.05) is 0 Å². The van der Waals surface area contributed by atoms with Gasteiger partial charge in [0.2, 0.25) is 0 Å². The van der Waals surface area contributed by atoms with Gasteiger partial charge in [0.05, 0.1) is 19.8 Å². The third-order valence-corrected chi connectivity index (χ3v) is 5.66. The molecule has 2 aliphatic rings. The molecule has 2 aliphatic heterocycles. The third kappa shape index (κ3) is 8.79. The van der Waals surface area contributed by atoms with Crippen LogP contribution in [0.1, 0.15) is 47.0 Å². The van der Waals surface area contributed by atoms with Crippen molar-refractivity contribution in [2.75, 3.05) is 65.6 Å². The van der Waals surface area contributed by atoms with Crippen LogP contribution in [0, 0.1) is 11.8 Å². The second-order valence-corrected chi connectivity index (χ2v) is 8.56. The standard InChI is InChI=1S/C21H43N5O/c1-5-22-21(24-15-20(4)26-10-12-27-13-11-26)23-8-6-7-9-25-16-18(2)14-19(3)17-25/h18-20H,5-17H2,1-4H3,(H2,22,23,24). The van der Waals surface area contributed by atoms with E-state index in [4.69, 9.17) is 9.73 Å². The number of morpholine rings is 1. The molecule has 6 heteroatoms. The van der Waals surface area contributed by atoms with Gasteiger partial charge >= 0.3 is 0 Å². The predicted molar refractivity (Wildman–Crippen MR) is 114 cm³/mol. The zero-order valence-electron chi connectivity index (χ0n) is 18.2. The Kier molecular flexibility index (Phi) is 10.5. The molecule has 0 aliphatic carbocycles. The topological polar surface area (TPSA) is 52.1 Å². The van der Waals surface area contributed by atoms with Crippen LogP contribution in [0.25, 0.3) is 0 Å². The first kappa shape index (κ1) is 22.4. The van der Waals surface area contributed by atoms with Crippen LogP contribution in [0.15, 0.2) is 4.99 Å². The normalized spacial score (nSPS) is 26.7. The van der Waals surface area contributed by atoms with Gasteiger partial charge in [-0.2, -0.15) is 0 Å². The minimum absolute atomic E-state index is 0.465. The van der Waals surface area contributed by atoms with E-state index in [1.54, 1.807) is 0 Å². The van der Waals surface area contributed by atoms with Crippen molar-refractivity contribution >= 4 is 5.96 Å². The molecule has 0 spiro atoms. The molecule has 0 aromatic heterocycles. The fourth-order valence-electron chi connectivity index (χ4n) is 4.34. The summed E-state index contributed by atoms with van der Waals surface area (Å²) in [5, 5.41) is 6.89. The first-order chi connectivity index (χ1) is 13.1. The lowest BCUT2D eigenvalue weighted by Gasteiger charge is -2.35. The summed E-state index contributed by atoms with van der Waals surface area (Å²) in [5.74, 6) is 2.67. The van der Waals surface area contributed by atoms with Crippen molar-refractivity contribution < 1.29 is 4.74 Å². The Bertz CT molecular complexity index is 415. The van der Waals surface area contributed by atoms with E-state index in [-0.39, 0.29) is 0 Å². The summed E-state index contributed by atoms with van der Waals surface area (Å²) in [6.45, 7) is 19.4. The highest BCUT2D eigenvalue weighted by molar-refractivity contribution is 5.79. The van der Waals surface area contributed by atoms with E-state index in [0.29, 0.717) is 6.04 Å². The van der Waals surface area contributed by atoms with Gasteiger partial charge in [0, 0.05) is 45.3 Å². The maximum absolute atomic E-state index is 5.44. The second kappa shape index (κ2) is 12.6. The zero-order chi connectivity index (χ0) is 19.5. The molecule has 2 heterocycles. The van der Waals surface area contributed by atoms with Crippen LogP contribution in [0.5, 0.6) is 0 Å². The van der Waals surface area contributed by atoms with E-state index < -0.39 is 0 Å². The van der Waals surface area contributed by atoms with Gasteiger partial charge in [-0.1, -0.05) is 13.8 Å². The zero-order valence-corrected chi connectivity index (χ0v) is 18.2. The molecule has 0 amide bonds. The van der Waals surface area contributed by atoms with E-state index in [0.717, 1.165) is 63.7 Å². The summed E-state index contributed by atoms with van der Waals surface area (Å²) < 4.78 is 5.44. The number of unbranched alkanes of at least 4 members (excludes halogenated alkanes) is 1. The van der Waals surface area contributed by atoms with Gasteiger partial charge in [-0.3, -0.25) is 9.89 Å². The number of hydrogen-bond donors (Lipinski definition) is 2. The summed E-state index contributed by atoms with van der Waals surface area (Å²) in [5.41, 5.74) is 0. The fourth-order valence-corrected chi connectivity index (χ4v) is 4.34. The molecule has 0 aromatic carbocycles. The number of ether oxygens (including phenoxy) is 1. The van der Waals surface area contributed by atoms with Crippen LogP contribution in [-0.4, -0.2) is 87.4 Å². The highest BCUT2D eigenvalue weighted by Crippen LogP contribution is 2.20. The lowest BCUT2D eigenvalue weighted by atomic mass is 9.92. The molecule has 27 heavy (non-hydrogen) atoms. The minimum Gasteiger partial charge on any atom is -0.379 e. The van der Waals surface area contributed by atoms with Crippen LogP contribution < -0.4 is 10.6 Å². The number of nitrogens with one attached hydrogen (secondary N) is 2. The molecule has 0 bridgehead atoms. The number of likely N-dealkylation sites (tertiary alicyclic amines) is 1. The maximum Gasteiger partial charge on any atom is 0.191 e. The Morgan fingerprint density at radius 1 is 1.11 bits per heavy atom. The molecular formula is C21H43N5O. The molecule has 2 saturated heterocycles. The number of nitrogens with zero attached hydrogens (tertiary/aromatic N) is 3. The predicted octanol–water partition coefficient (Wildman–Crippen LogP) is 2.02. The average Bonchev–Trinajstić information content (AvgIpc) is 2.65. The molecular weight excluding hydrogens is 338 g/mol. The van der Waals surface area contributed by atoms with Gasteiger partial charge in [0.1, 0.15) is 0 Å². The average molecular weight is 382 g/mol. The van der Waals surface area contributed by atoms with Crippen molar-refractivity contribution in [1.82, 2.24) is 20.4 Å². The summed E-state index contributed by atoms with van der Waals surface area (Å²) in [4.78, 5) is 9.92. The lowest BCUT2D eigenvalue weighted by Crippen LogP contribution is -2.44. The monoisotopic (exact) mass is 381 g/mol. The molecule has 2 fully saturated rings. The van der Waals surface area contributed by atoms with Crippen LogP contribution in [0.2, 0.25) is 0 Å². The van der Waals surface area contributed by atoms with Crippen LogP contribution in [-0.2, 0) is 4.74 Å². The minimum atomic E-state index is 0.465. The van der Waals surface area contributed by atoms with Gasteiger partial charge in [-0.25, -0.2) is 0 Å². The van der Waals surface area contributed by atoms with Crippen LogP contribution in [0.3, 0.4) is 0 Å². The summed E-state index contributed by atoms with van der Waals surface area (Å²) in [6, 6.07) is 0.465. The lowest BCUT2D eigenvalue weighted by molar-refractivity contribution is 0.0220. The SMILES string of the molecule is CCNC(=NCC(C)N1CCOCC1)NCCCCN1CC(C)CC(C)C1. The van der Waals surface area contributed by atoms with Crippen LogP contribution in [0.4, 0.5) is 0 Å². The first-order valence-electron chi connectivity index (χ1n) is 11.1. The van der Waals surface area contributed by atoms with Gasteiger partial charge in [0.15, 0.2) is 5.96 Å². The van der Waals surface area contributed by atoms with E-state index >= 15 is 0 Å². The molecule has 2 rings (SSSR count). The summed E-state index contributed by atoms with van der Waals surface area (Å²) in [7, 11) is 0. The van der Waals surface area contributed by atoms with Gasteiger partial charge in [0.25, 0.3) is 0 Å². The molecule has 3 unspecified atom stereocenters. The third-order valence-electron chi connectivity index (χ3n) is 5.66. The van der Waals surface area contributed by atoms with Crippen molar-refractivity contribution in [3.8, 4) is 0 Å². The number of aliphatic imine (C=N–C) groups is 1. The van der Waals surface area contributed by atoms with Crippen molar-refractivity contribution in [1.29, 1.82) is 0 Å². The van der Waals surface area contributed by atoms with E-state index in [9.17, 15) is 0 Å². The molecule has 0 saturated carbocycles. The van der Waals surface area contributed by atoms with Gasteiger partial charge < -0.3 is 20.3 Å². The largest absolute Gasteiger partial charge is 0.379 e. The Hall–Kier alpha value is -0.850. The first-order valence-corrected chi connectivity index (χ1v) is 11.1. The van der Waals surface area contributed by atoms with Crippen molar-refractivity contribution in [3.05, 3.63) is 0 Å². The molecule has 6 nitrogen and oxygen atoms in total. The number of piperidine rings is 1. The number of guanidine groups is 1. The Morgan fingerprint density at radius 3 is 2.48 bits per heavy atom. The highest BCUT2D eigenvalue weighted by atomic mass is 16.5. The highest BCUT2D eigenvalue weighted by Gasteiger charge is 2.21. The Labute approximate surface area is 167 Å². The molecule has 3 atom stereocenters. The Balaban J connectivity index is 1.63. The number of rotatable bonds is 9. The maximum atomic E-state index is 5.44. The molecule has 2 N–H and O–H groups in total. The summed E-state index contributed by atoms with van der Waals surface area (Å²) >= 11 is 0. The fraction of sp³-hybridized carbons (Fsp3) is 0.952. The molecule has 0 radical (unpaired) electrons. The summed E-state index contributed by atoms with van der Waals surface area (Å²) in [6.07, 6.45) is 3.85.